The first kappa shape index (κ1) is 9.83. The predicted octanol–water partition coefficient (Wildman–Crippen LogP) is 1.70. The van der Waals surface area contributed by atoms with E-state index in [1.807, 2.05) is 13.8 Å². The highest BCUT2D eigenvalue weighted by molar-refractivity contribution is 5.95. The van der Waals surface area contributed by atoms with Gasteiger partial charge in [-0.15, -0.1) is 0 Å². The van der Waals surface area contributed by atoms with E-state index in [1.165, 1.54) is 0 Å². The first-order valence-corrected chi connectivity index (χ1v) is 4.87. The fourth-order valence-corrected chi connectivity index (χ4v) is 1.70. The van der Waals surface area contributed by atoms with Gasteiger partial charge in [-0.1, -0.05) is 0 Å². The van der Waals surface area contributed by atoms with Gasteiger partial charge in [0.25, 0.3) is 0 Å². The molecule has 0 unspecified atom stereocenters. The molecule has 0 aromatic heterocycles. The highest BCUT2D eigenvalue weighted by Crippen LogP contribution is 2.24. The second-order valence-electron chi connectivity index (χ2n) is 4.42. The number of benzene rings is 1. The molecule has 1 aromatic carbocycles. The quantitative estimate of drug-likeness (QED) is 0.734. The molecule has 1 aromatic rings. The Labute approximate surface area is 88.5 Å². The van der Waals surface area contributed by atoms with E-state index < -0.39 is 0 Å². The molecule has 1 saturated heterocycles. The van der Waals surface area contributed by atoms with Gasteiger partial charge < -0.3 is 10.4 Å². The molecule has 0 radical (unpaired) electrons. The van der Waals surface area contributed by atoms with Gasteiger partial charge in [0.15, 0.2) is 0 Å². The SMILES string of the molecule is CC1(C)CN(c2ccc(O)cc2)C(=O)N1. The smallest absolute Gasteiger partial charge is 0.322 e. The van der Waals surface area contributed by atoms with E-state index in [1.54, 1.807) is 29.2 Å². The second kappa shape index (κ2) is 3.15. The number of nitrogens with zero attached hydrogens (tertiary/aromatic N) is 1. The number of urea groups is 1. The Kier molecular flexibility index (Phi) is 2.07. The van der Waals surface area contributed by atoms with Gasteiger partial charge in [0.05, 0.1) is 12.1 Å². The summed E-state index contributed by atoms with van der Waals surface area (Å²) in [6, 6.07) is 6.53. The van der Waals surface area contributed by atoms with Crippen LogP contribution in [-0.2, 0) is 0 Å². The number of carbonyl (C=O) groups is 1. The van der Waals surface area contributed by atoms with Crippen LogP contribution in [0.15, 0.2) is 24.3 Å². The maximum Gasteiger partial charge on any atom is 0.322 e. The molecule has 1 aliphatic rings. The van der Waals surface area contributed by atoms with Crippen LogP contribution in [0.25, 0.3) is 0 Å². The number of aromatic hydroxyl groups is 1. The zero-order valence-electron chi connectivity index (χ0n) is 8.82. The molecule has 0 aliphatic carbocycles. The number of amides is 2. The Balaban J connectivity index is 2.25. The normalized spacial score (nSPS) is 19.1. The molecule has 2 amide bonds. The lowest BCUT2D eigenvalue weighted by atomic mass is 10.1. The minimum absolute atomic E-state index is 0.0920. The number of nitrogens with one attached hydrogen (secondary N) is 1. The van der Waals surface area contributed by atoms with Crippen molar-refractivity contribution in [2.24, 2.45) is 0 Å². The fraction of sp³-hybridized carbons (Fsp3) is 0.364. The number of phenols is 1. The van der Waals surface area contributed by atoms with Gasteiger partial charge in [-0.05, 0) is 38.1 Å². The average molecular weight is 206 g/mol. The van der Waals surface area contributed by atoms with E-state index in [0.717, 1.165) is 5.69 Å². The summed E-state index contributed by atoms with van der Waals surface area (Å²) in [7, 11) is 0. The summed E-state index contributed by atoms with van der Waals surface area (Å²) in [5, 5.41) is 12.0. The average Bonchev–Trinajstić information content (AvgIpc) is 2.41. The highest BCUT2D eigenvalue weighted by Gasteiger charge is 2.35. The molecule has 0 saturated carbocycles. The molecular formula is C11H14N2O2. The third kappa shape index (κ3) is 1.88. The Hall–Kier alpha value is -1.71. The zero-order valence-corrected chi connectivity index (χ0v) is 8.82. The van der Waals surface area contributed by atoms with E-state index in [-0.39, 0.29) is 17.3 Å². The maximum atomic E-state index is 11.6. The largest absolute Gasteiger partial charge is 0.508 e. The summed E-state index contributed by atoms with van der Waals surface area (Å²) in [6.07, 6.45) is 0. The second-order valence-corrected chi connectivity index (χ2v) is 4.42. The van der Waals surface area contributed by atoms with Gasteiger partial charge in [-0.2, -0.15) is 0 Å². The van der Waals surface area contributed by atoms with Crippen LogP contribution in [0.1, 0.15) is 13.8 Å². The lowest BCUT2D eigenvalue weighted by molar-refractivity contribution is 0.248. The first-order valence-electron chi connectivity index (χ1n) is 4.87. The summed E-state index contributed by atoms with van der Waals surface area (Å²) < 4.78 is 0. The van der Waals surface area contributed by atoms with Crippen molar-refractivity contribution in [1.82, 2.24) is 5.32 Å². The Morgan fingerprint density at radius 3 is 2.40 bits per heavy atom. The van der Waals surface area contributed by atoms with Crippen molar-refractivity contribution in [1.29, 1.82) is 0 Å². The van der Waals surface area contributed by atoms with Gasteiger partial charge in [-0.25, -0.2) is 4.79 Å². The van der Waals surface area contributed by atoms with Crippen molar-refractivity contribution in [3.63, 3.8) is 0 Å². The monoisotopic (exact) mass is 206 g/mol. The van der Waals surface area contributed by atoms with Crippen LogP contribution in [0.3, 0.4) is 0 Å². The number of rotatable bonds is 1. The van der Waals surface area contributed by atoms with E-state index in [0.29, 0.717) is 6.54 Å². The van der Waals surface area contributed by atoms with Gasteiger partial charge in [0, 0.05) is 5.69 Å². The molecule has 0 atom stereocenters. The predicted molar refractivity (Wildman–Crippen MR) is 58.1 cm³/mol. The summed E-state index contributed by atoms with van der Waals surface area (Å²) in [5.41, 5.74) is 0.602. The molecule has 4 nitrogen and oxygen atoms in total. The van der Waals surface area contributed by atoms with Crippen LogP contribution in [-0.4, -0.2) is 23.2 Å². The van der Waals surface area contributed by atoms with Crippen molar-refractivity contribution in [2.75, 3.05) is 11.4 Å². The Morgan fingerprint density at radius 1 is 1.33 bits per heavy atom. The minimum Gasteiger partial charge on any atom is -0.508 e. The van der Waals surface area contributed by atoms with Gasteiger partial charge >= 0.3 is 6.03 Å². The number of carbonyl (C=O) groups excluding carboxylic acids is 1. The highest BCUT2D eigenvalue weighted by atomic mass is 16.3. The van der Waals surface area contributed by atoms with E-state index in [9.17, 15) is 4.79 Å². The van der Waals surface area contributed by atoms with Crippen LogP contribution in [0.2, 0.25) is 0 Å². The maximum absolute atomic E-state index is 11.6. The topological polar surface area (TPSA) is 52.6 Å². The molecule has 1 aliphatic heterocycles. The summed E-state index contributed by atoms with van der Waals surface area (Å²) in [6.45, 7) is 4.59. The molecule has 1 fully saturated rings. The molecule has 4 heteroatoms. The van der Waals surface area contributed by atoms with Gasteiger partial charge in [0.1, 0.15) is 5.75 Å². The lowest BCUT2D eigenvalue weighted by Gasteiger charge is -2.17. The van der Waals surface area contributed by atoms with Gasteiger partial charge in [-0.3, -0.25) is 4.90 Å². The van der Waals surface area contributed by atoms with Gasteiger partial charge in [0.2, 0.25) is 0 Å². The fourth-order valence-electron chi connectivity index (χ4n) is 1.70. The first-order chi connectivity index (χ1) is 6.98. The molecule has 0 spiro atoms. The number of hydrogen-bond donors (Lipinski definition) is 2. The van der Waals surface area contributed by atoms with Crippen molar-refractivity contribution >= 4 is 11.7 Å². The third-order valence-electron chi connectivity index (χ3n) is 2.41. The Bertz CT molecular complexity index is 384. The molecular weight excluding hydrogens is 192 g/mol. The van der Waals surface area contributed by atoms with Crippen LogP contribution < -0.4 is 10.2 Å². The van der Waals surface area contributed by atoms with Crippen LogP contribution >= 0.6 is 0 Å². The van der Waals surface area contributed by atoms with Crippen LogP contribution in [0.4, 0.5) is 10.5 Å². The molecule has 15 heavy (non-hydrogen) atoms. The molecule has 2 N–H and O–H groups in total. The molecule has 0 bridgehead atoms. The number of phenolic OH excluding ortho intramolecular Hbond substituents is 1. The summed E-state index contributed by atoms with van der Waals surface area (Å²) >= 11 is 0. The van der Waals surface area contributed by atoms with Crippen molar-refractivity contribution in [2.45, 2.75) is 19.4 Å². The Morgan fingerprint density at radius 2 is 1.93 bits per heavy atom. The zero-order chi connectivity index (χ0) is 11.1. The van der Waals surface area contributed by atoms with Crippen LogP contribution in [0, 0.1) is 0 Å². The minimum atomic E-state index is -0.199. The standard InChI is InChI=1S/C11H14N2O2/c1-11(2)7-13(10(15)12-11)8-3-5-9(14)6-4-8/h3-6,14H,7H2,1-2H3,(H,12,15). The van der Waals surface area contributed by atoms with E-state index >= 15 is 0 Å². The van der Waals surface area contributed by atoms with Crippen molar-refractivity contribution in [3.8, 4) is 5.75 Å². The van der Waals surface area contributed by atoms with E-state index in [4.69, 9.17) is 5.11 Å². The lowest BCUT2D eigenvalue weighted by Crippen LogP contribution is -2.36. The van der Waals surface area contributed by atoms with Crippen molar-refractivity contribution < 1.29 is 9.90 Å². The molecule has 1 heterocycles. The van der Waals surface area contributed by atoms with Crippen LogP contribution in [0.5, 0.6) is 5.75 Å². The number of hydrogen-bond acceptors (Lipinski definition) is 2. The van der Waals surface area contributed by atoms with E-state index in [2.05, 4.69) is 5.32 Å². The summed E-state index contributed by atoms with van der Waals surface area (Å²) in [4.78, 5) is 13.3. The summed E-state index contributed by atoms with van der Waals surface area (Å²) in [5.74, 6) is 0.206. The molecule has 80 valence electrons. The van der Waals surface area contributed by atoms with Crippen molar-refractivity contribution in [3.05, 3.63) is 24.3 Å². The molecule has 2 rings (SSSR count). The number of anilines is 1. The third-order valence-corrected chi connectivity index (χ3v) is 2.41.